The number of rotatable bonds is 3. The van der Waals surface area contributed by atoms with Gasteiger partial charge in [0.2, 0.25) is 0 Å². The van der Waals surface area contributed by atoms with Gasteiger partial charge in [-0.1, -0.05) is 12.1 Å². The van der Waals surface area contributed by atoms with Gasteiger partial charge in [-0.25, -0.2) is 4.39 Å². The van der Waals surface area contributed by atoms with Gasteiger partial charge < -0.3 is 10.5 Å². The molecule has 0 aliphatic carbocycles. The molecule has 0 bridgehead atoms. The molecule has 1 heterocycles. The maximum absolute atomic E-state index is 13.3. The number of ether oxygens (including phenoxy) is 1. The number of hydrogen-bond acceptors (Lipinski definition) is 3. The highest BCUT2D eigenvalue weighted by Gasteiger charge is 2.12. The van der Waals surface area contributed by atoms with Crippen LogP contribution in [0.3, 0.4) is 0 Å². The number of pyridine rings is 1. The van der Waals surface area contributed by atoms with E-state index in [1.807, 2.05) is 13.0 Å². The topological polar surface area (TPSA) is 48.1 Å². The zero-order valence-electron chi connectivity index (χ0n) is 10.4. The van der Waals surface area contributed by atoms with Crippen molar-refractivity contribution >= 4 is 0 Å². The van der Waals surface area contributed by atoms with Gasteiger partial charge in [-0.15, -0.1) is 0 Å². The molecule has 2 N–H and O–H groups in total. The maximum Gasteiger partial charge on any atom is 0.165 e. The van der Waals surface area contributed by atoms with E-state index in [2.05, 4.69) is 4.98 Å². The third-order valence-corrected chi connectivity index (χ3v) is 2.79. The van der Waals surface area contributed by atoms with E-state index >= 15 is 0 Å². The SMILES string of the molecule is COc1cc(C(N)c2cncc(C)c2)ccc1F. The Balaban J connectivity index is 2.36. The molecule has 0 aliphatic heterocycles. The molecule has 2 aromatic rings. The van der Waals surface area contributed by atoms with Crippen LogP contribution in [0.1, 0.15) is 22.7 Å². The number of halogens is 1. The van der Waals surface area contributed by atoms with Crippen molar-refractivity contribution in [1.29, 1.82) is 0 Å². The highest BCUT2D eigenvalue weighted by molar-refractivity contribution is 5.37. The van der Waals surface area contributed by atoms with Crippen molar-refractivity contribution in [3.05, 3.63) is 59.2 Å². The van der Waals surface area contributed by atoms with E-state index in [-0.39, 0.29) is 11.8 Å². The van der Waals surface area contributed by atoms with Gasteiger partial charge in [0, 0.05) is 12.4 Å². The summed E-state index contributed by atoms with van der Waals surface area (Å²) in [5, 5.41) is 0. The first kappa shape index (κ1) is 12.5. The lowest BCUT2D eigenvalue weighted by Crippen LogP contribution is -2.12. The van der Waals surface area contributed by atoms with Crippen LogP contribution in [0.5, 0.6) is 5.75 Å². The first-order valence-corrected chi connectivity index (χ1v) is 5.62. The van der Waals surface area contributed by atoms with Gasteiger partial charge in [0.1, 0.15) is 0 Å². The Kier molecular flexibility index (Phi) is 3.58. The Morgan fingerprint density at radius 3 is 2.67 bits per heavy atom. The van der Waals surface area contributed by atoms with Gasteiger partial charge in [0.15, 0.2) is 11.6 Å². The van der Waals surface area contributed by atoms with Crippen LogP contribution in [-0.4, -0.2) is 12.1 Å². The van der Waals surface area contributed by atoms with Crippen LogP contribution >= 0.6 is 0 Å². The molecule has 1 atom stereocenters. The molecular weight excluding hydrogens is 231 g/mol. The van der Waals surface area contributed by atoms with Crippen molar-refractivity contribution in [2.24, 2.45) is 5.73 Å². The molecule has 2 rings (SSSR count). The van der Waals surface area contributed by atoms with Crippen molar-refractivity contribution in [1.82, 2.24) is 4.98 Å². The number of methoxy groups -OCH3 is 1. The molecule has 0 saturated carbocycles. The lowest BCUT2D eigenvalue weighted by Gasteiger charge is -2.14. The normalized spacial score (nSPS) is 12.2. The number of hydrogen-bond donors (Lipinski definition) is 1. The molecule has 0 aliphatic rings. The van der Waals surface area contributed by atoms with Crippen molar-refractivity contribution in [3.8, 4) is 5.75 Å². The molecular formula is C14H15FN2O. The first-order valence-electron chi connectivity index (χ1n) is 5.62. The van der Waals surface area contributed by atoms with Crippen molar-refractivity contribution in [2.45, 2.75) is 13.0 Å². The number of benzene rings is 1. The molecule has 1 aromatic carbocycles. The number of nitrogens with zero attached hydrogens (tertiary/aromatic N) is 1. The van der Waals surface area contributed by atoms with Crippen LogP contribution in [0, 0.1) is 12.7 Å². The van der Waals surface area contributed by atoms with Gasteiger partial charge in [0.05, 0.1) is 13.2 Å². The minimum absolute atomic E-state index is 0.198. The molecule has 18 heavy (non-hydrogen) atoms. The zero-order chi connectivity index (χ0) is 13.1. The maximum atomic E-state index is 13.3. The molecule has 94 valence electrons. The number of aryl methyl sites for hydroxylation is 1. The second kappa shape index (κ2) is 5.14. The Morgan fingerprint density at radius 2 is 2.00 bits per heavy atom. The van der Waals surface area contributed by atoms with Crippen LogP contribution in [0.15, 0.2) is 36.7 Å². The number of aromatic nitrogens is 1. The molecule has 4 heteroatoms. The van der Waals surface area contributed by atoms with Gasteiger partial charge >= 0.3 is 0 Å². The van der Waals surface area contributed by atoms with Crippen molar-refractivity contribution < 1.29 is 9.13 Å². The van der Waals surface area contributed by atoms with Crippen LogP contribution in [0.2, 0.25) is 0 Å². The predicted octanol–water partition coefficient (Wildman–Crippen LogP) is 2.59. The van der Waals surface area contributed by atoms with E-state index in [9.17, 15) is 4.39 Å². The Bertz CT molecular complexity index is 557. The summed E-state index contributed by atoms with van der Waals surface area (Å²) in [7, 11) is 1.43. The highest BCUT2D eigenvalue weighted by Crippen LogP contribution is 2.25. The fourth-order valence-electron chi connectivity index (χ4n) is 1.81. The molecule has 0 fully saturated rings. The predicted molar refractivity (Wildman–Crippen MR) is 68.0 cm³/mol. The smallest absolute Gasteiger partial charge is 0.165 e. The van der Waals surface area contributed by atoms with Crippen molar-refractivity contribution in [3.63, 3.8) is 0 Å². The lowest BCUT2D eigenvalue weighted by atomic mass is 10.00. The standard InChI is InChI=1S/C14H15FN2O/c1-9-5-11(8-17-7-9)14(16)10-3-4-12(15)13(6-10)18-2/h3-8,14H,16H2,1-2H3. The van der Waals surface area contributed by atoms with E-state index in [1.54, 1.807) is 24.5 Å². The van der Waals surface area contributed by atoms with Gasteiger partial charge in [-0.3, -0.25) is 4.98 Å². The Morgan fingerprint density at radius 1 is 1.22 bits per heavy atom. The zero-order valence-corrected chi connectivity index (χ0v) is 10.4. The van der Waals surface area contributed by atoms with Crippen LogP contribution < -0.4 is 10.5 Å². The number of nitrogens with two attached hydrogens (primary N) is 1. The van der Waals surface area contributed by atoms with Crippen LogP contribution in [-0.2, 0) is 0 Å². The third-order valence-electron chi connectivity index (χ3n) is 2.79. The monoisotopic (exact) mass is 246 g/mol. The molecule has 0 radical (unpaired) electrons. The quantitative estimate of drug-likeness (QED) is 0.905. The van der Waals surface area contributed by atoms with E-state index in [1.165, 1.54) is 13.2 Å². The second-order valence-electron chi connectivity index (χ2n) is 4.17. The summed E-state index contributed by atoms with van der Waals surface area (Å²) in [6.45, 7) is 1.95. The van der Waals surface area contributed by atoms with Gasteiger partial charge in [0.25, 0.3) is 0 Å². The average molecular weight is 246 g/mol. The van der Waals surface area contributed by atoms with E-state index < -0.39 is 5.82 Å². The molecule has 1 aromatic heterocycles. The van der Waals surface area contributed by atoms with Gasteiger partial charge in [-0.2, -0.15) is 0 Å². The minimum Gasteiger partial charge on any atom is -0.494 e. The van der Waals surface area contributed by atoms with Crippen LogP contribution in [0.25, 0.3) is 0 Å². The molecule has 0 spiro atoms. The van der Waals surface area contributed by atoms with E-state index in [0.29, 0.717) is 0 Å². The molecule has 1 unspecified atom stereocenters. The average Bonchev–Trinajstić information content (AvgIpc) is 2.38. The van der Waals surface area contributed by atoms with Crippen molar-refractivity contribution in [2.75, 3.05) is 7.11 Å². The van der Waals surface area contributed by atoms with Crippen LogP contribution in [0.4, 0.5) is 4.39 Å². The summed E-state index contributed by atoms with van der Waals surface area (Å²) in [6.07, 6.45) is 3.48. The minimum atomic E-state index is -0.393. The summed E-state index contributed by atoms with van der Waals surface area (Å²) in [4.78, 5) is 4.11. The molecule has 0 saturated heterocycles. The van der Waals surface area contributed by atoms with Gasteiger partial charge in [-0.05, 0) is 35.7 Å². The Hall–Kier alpha value is -1.94. The lowest BCUT2D eigenvalue weighted by molar-refractivity contribution is 0.385. The van der Waals surface area contributed by atoms with E-state index in [4.69, 9.17) is 10.5 Å². The fraction of sp³-hybridized carbons (Fsp3) is 0.214. The summed E-state index contributed by atoms with van der Waals surface area (Å²) in [6, 6.07) is 6.25. The first-order chi connectivity index (χ1) is 8.61. The summed E-state index contributed by atoms with van der Waals surface area (Å²) < 4.78 is 18.3. The van der Waals surface area contributed by atoms with E-state index in [0.717, 1.165) is 16.7 Å². The Labute approximate surface area is 105 Å². The largest absolute Gasteiger partial charge is 0.494 e. The summed E-state index contributed by atoms with van der Waals surface area (Å²) in [5.74, 6) is -0.195. The second-order valence-corrected chi connectivity index (χ2v) is 4.17. The summed E-state index contributed by atoms with van der Waals surface area (Å²) >= 11 is 0. The highest BCUT2D eigenvalue weighted by atomic mass is 19.1. The molecule has 0 amide bonds. The molecule has 3 nitrogen and oxygen atoms in total. The summed E-state index contributed by atoms with van der Waals surface area (Å²) in [5.41, 5.74) is 8.86. The fourth-order valence-corrected chi connectivity index (χ4v) is 1.81. The third kappa shape index (κ3) is 2.49.